The molecule has 1 rings (SSSR count). The summed E-state index contributed by atoms with van der Waals surface area (Å²) in [6.07, 6.45) is 2.47. The lowest BCUT2D eigenvalue weighted by molar-refractivity contribution is -0.147. The minimum atomic E-state index is -0.515. The van der Waals surface area contributed by atoms with Crippen molar-refractivity contribution in [2.24, 2.45) is 5.92 Å². The van der Waals surface area contributed by atoms with Crippen molar-refractivity contribution in [1.82, 2.24) is 0 Å². The molecule has 0 N–H and O–H groups in total. The van der Waals surface area contributed by atoms with Crippen LogP contribution in [0.25, 0.3) is 0 Å². The summed E-state index contributed by atoms with van der Waals surface area (Å²) < 4.78 is 21.4. The van der Waals surface area contributed by atoms with E-state index in [0.717, 1.165) is 12.8 Å². The summed E-state index contributed by atoms with van der Waals surface area (Å²) in [7, 11) is 0. The van der Waals surface area contributed by atoms with Crippen LogP contribution in [0, 0.1) is 5.92 Å². The molecule has 0 aliphatic carbocycles. The zero-order chi connectivity index (χ0) is 24.3. The van der Waals surface area contributed by atoms with Crippen LogP contribution in [0.15, 0.2) is 12.1 Å². The molecule has 0 heterocycles. The van der Waals surface area contributed by atoms with Crippen LogP contribution in [-0.2, 0) is 41.5 Å². The van der Waals surface area contributed by atoms with Crippen LogP contribution >= 0.6 is 0 Å². The van der Waals surface area contributed by atoms with E-state index in [9.17, 15) is 19.2 Å². The molecule has 0 aliphatic rings. The van der Waals surface area contributed by atoms with Gasteiger partial charge in [0.1, 0.15) is 17.6 Å². The number of ether oxygens (including phenoxy) is 4. The minimum Gasteiger partial charge on any atom is -0.466 e. The second-order valence-electron chi connectivity index (χ2n) is 8.06. The molecule has 0 aliphatic heterocycles. The van der Waals surface area contributed by atoms with Gasteiger partial charge in [-0.15, -0.1) is 0 Å². The SMILES string of the molecule is CC(=O)OCCc1c(OC(C)=O)ccc(OC(C)=O)c1CC(CCCC(C)C)OC(C)=O. The van der Waals surface area contributed by atoms with Gasteiger partial charge in [-0.1, -0.05) is 20.3 Å². The summed E-state index contributed by atoms with van der Waals surface area (Å²) in [6, 6.07) is 3.08. The Morgan fingerprint density at radius 2 is 1.34 bits per heavy atom. The molecule has 32 heavy (non-hydrogen) atoms. The topological polar surface area (TPSA) is 105 Å². The van der Waals surface area contributed by atoms with Crippen LogP contribution in [0.5, 0.6) is 11.5 Å². The third-order valence-electron chi connectivity index (χ3n) is 4.58. The quantitative estimate of drug-likeness (QED) is 0.348. The van der Waals surface area contributed by atoms with Crippen LogP contribution in [-0.4, -0.2) is 36.6 Å². The molecule has 1 aromatic carbocycles. The number of benzene rings is 1. The van der Waals surface area contributed by atoms with Crippen molar-refractivity contribution >= 4 is 23.9 Å². The van der Waals surface area contributed by atoms with Gasteiger partial charge in [0.05, 0.1) is 6.61 Å². The predicted molar refractivity (Wildman–Crippen MR) is 117 cm³/mol. The van der Waals surface area contributed by atoms with Gasteiger partial charge in [0, 0.05) is 51.7 Å². The zero-order valence-corrected chi connectivity index (χ0v) is 19.8. The highest BCUT2D eigenvalue weighted by molar-refractivity contribution is 5.72. The lowest BCUT2D eigenvalue weighted by Gasteiger charge is -2.22. The molecular formula is C24H34O8. The molecule has 0 saturated heterocycles. The maximum atomic E-state index is 11.7. The van der Waals surface area contributed by atoms with Gasteiger partial charge in [0.25, 0.3) is 0 Å². The fraction of sp³-hybridized carbons (Fsp3) is 0.583. The average Bonchev–Trinajstić information content (AvgIpc) is 2.63. The van der Waals surface area contributed by atoms with Crippen molar-refractivity contribution in [2.45, 2.75) is 79.8 Å². The molecule has 0 saturated carbocycles. The minimum absolute atomic E-state index is 0.0473. The Labute approximate surface area is 189 Å². The lowest BCUT2D eigenvalue weighted by atomic mass is 9.94. The second-order valence-corrected chi connectivity index (χ2v) is 8.06. The normalized spacial score (nSPS) is 11.6. The highest BCUT2D eigenvalue weighted by Crippen LogP contribution is 2.34. The molecule has 0 fully saturated rings. The third kappa shape index (κ3) is 10.4. The van der Waals surface area contributed by atoms with E-state index in [4.69, 9.17) is 18.9 Å². The number of esters is 4. The van der Waals surface area contributed by atoms with E-state index in [2.05, 4.69) is 13.8 Å². The summed E-state index contributed by atoms with van der Waals surface area (Å²) in [5.74, 6) is -0.809. The number of hydrogen-bond acceptors (Lipinski definition) is 8. The fourth-order valence-corrected chi connectivity index (χ4v) is 3.36. The number of rotatable bonds is 12. The summed E-state index contributed by atoms with van der Waals surface area (Å²) >= 11 is 0. The fourth-order valence-electron chi connectivity index (χ4n) is 3.36. The Hall–Kier alpha value is -2.90. The molecule has 0 spiro atoms. The smallest absolute Gasteiger partial charge is 0.308 e. The molecule has 8 heteroatoms. The first-order valence-corrected chi connectivity index (χ1v) is 10.8. The second kappa shape index (κ2) is 13.5. The first-order valence-electron chi connectivity index (χ1n) is 10.8. The van der Waals surface area contributed by atoms with Crippen molar-refractivity contribution < 1.29 is 38.1 Å². The summed E-state index contributed by atoms with van der Waals surface area (Å²) in [4.78, 5) is 46.3. The molecule has 8 nitrogen and oxygen atoms in total. The molecular weight excluding hydrogens is 416 g/mol. The van der Waals surface area contributed by atoms with Crippen LogP contribution in [0.3, 0.4) is 0 Å². The predicted octanol–water partition coefficient (Wildman–Crippen LogP) is 3.94. The van der Waals surface area contributed by atoms with E-state index >= 15 is 0 Å². The van der Waals surface area contributed by atoms with Gasteiger partial charge in [0.15, 0.2) is 0 Å². The van der Waals surface area contributed by atoms with Crippen molar-refractivity contribution in [3.63, 3.8) is 0 Å². The summed E-state index contributed by atoms with van der Waals surface area (Å²) in [5.41, 5.74) is 1.13. The highest BCUT2D eigenvalue weighted by atomic mass is 16.6. The van der Waals surface area contributed by atoms with Crippen LogP contribution < -0.4 is 9.47 Å². The molecule has 1 atom stereocenters. The molecule has 1 aromatic rings. The average molecular weight is 451 g/mol. The molecule has 0 bridgehead atoms. The van der Waals surface area contributed by atoms with Gasteiger partial charge in [-0.3, -0.25) is 19.2 Å². The van der Waals surface area contributed by atoms with Crippen LogP contribution in [0.1, 0.15) is 71.9 Å². The molecule has 0 radical (unpaired) electrons. The van der Waals surface area contributed by atoms with Crippen LogP contribution in [0.4, 0.5) is 0 Å². The standard InChI is InChI=1S/C24H34O8/c1-15(2)8-7-9-20(30-17(4)26)14-22-21(12-13-29-16(3)25)23(31-18(5)27)10-11-24(22)32-19(6)28/h10-11,15,20H,7-9,12-14H2,1-6H3. The van der Waals surface area contributed by atoms with E-state index in [1.54, 1.807) is 6.07 Å². The monoisotopic (exact) mass is 450 g/mol. The summed E-state index contributed by atoms with van der Waals surface area (Å²) in [5, 5.41) is 0. The Kier molecular flexibility index (Phi) is 11.4. The number of carbonyl (C=O) groups excluding carboxylic acids is 4. The van der Waals surface area contributed by atoms with Gasteiger partial charge in [-0.2, -0.15) is 0 Å². The van der Waals surface area contributed by atoms with Gasteiger partial charge >= 0.3 is 23.9 Å². The largest absolute Gasteiger partial charge is 0.466 e. The van der Waals surface area contributed by atoms with E-state index < -0.39 is 30.0 Å². The first kappa shape index (κ1) is 27.1. The number of hydrogen-bond donors (Lipinski definition) is 0. The lowest BCUT2D eigenvalue weighted by Crippen LogP contribution is -2.22. The third-order valence-corrected chi connectivity index (χ3v) is 4.58. The Bertz CT molecular complexity index is 812. The molecule has 0 aromatic heterocycles. The molecule has 1 unspecified atom stereocenters. The zero-order valence-electron chi connectivity index (χ0n) is 19.8. The Balaban J connectivity index is 3.39. The van der Waals surface area contributed by atoms with Gasteiger partial charge in [-0.05, 0) is 30.9 Å². The Morgan fingerprint density at radius 1 is 0.781 bits per heavy atom. The van der Waals surface area contributed by atoms with Gasteiger partial charge < -0.3 is 18.9 Å². The maximum Gasteiger partial charge on any atom is 0.308 e. The van der Waals surface area contributed by atoms with Gasteiger partial charge in [0.2, 0.25) is 0 Å². The number of carbonyl (C=O) groups is 4. The van der Waals surface area contributed by atoms with E-state index in [1.807, 2.05) is 0 Å². The van der Waals surface area contributed by atoms with Crippen LogP contribution in [0.2, 0.25) is 0 Å². The maximum absolute atomic E-state index is 11.7. The van der Waals surface area contributed by atoms with E-state index in [-0.39, 0.29) is 30.9 Å². The van der Waals surface area contributed by atoms with Gasteiger partial charge in [-0.25, -0.2) is 0 Å². The van der Waals surface area contributed by atoms with Crippen molar-refractivity contribution in [2.75, 3.05) is 6.61 Å². The van der Waals surface area contributed by atoms with Crippen molar-refractivity contribution in [1.29, 1.82) is 0 Å². The van der Waals surface area contributed by atoms with E-state index in [1.165, 1.54) is 33.8 Å². The highest BCUT2D eigenvalue weighted by Gasteiger charge is 2.23. The van der Waals surface area contributed by atoms with E-state index in [0.29, 0.717) is 23.5 Å². The summed E-state index contributed by atoms with van der Waals surface area (Å²) in [6.45, 7) is 9.50. The van der Waals surface area contributed by atoms with Crippen molar-refractivity contribution in [3.8, 4) is 11.5 Å². The van der Waals surface area contributed by atoms with Crippen molar-refractivity contribution in [3.05, 3.63) is 23.3 Å². The Morgan fingerprint density at radius 3 is 1.81 bits per heavy atom. The first-order chi connectivity index (χ1) is 15.0. The molecule has 0 amide bonds. The molecule has 178 valence electrons.